The van der Waals surface area contributed by atoms with Crippen molar-refractivity contribution in [3.8, 4) is 56.3 Å². The normalized spacial score (nSPS) is 18.0. The highest BCUT2D eigenvalue weighted by atomic mass is 16.3. The van der Waals surface area contributed by atoms with Crippen molar-refractivity contribution in [1.29, 1.82) is 0 Å². The van der Waals surface area contributed by atoms with Crippen molar-refractivity contribution in [3.05, 3.63) is 348 Å². The number of furan rings is 5. The second kappa shape index (κ2) is 38.0. The first-order chi connectivity index (χ1) is 83.4. The van der Waals surface area contributed by atoms with Crippen molar-refractivity contribution in [2.24, 2.45) is 35.2 Å². The Bertz CT molecular complexity index is 10800. The predicted octanol–water partition coefficient (Wildman–Crippen LogP) is 33.3. The summed E-state index contributed by atoms with van der Waals surface area (Å²) in [6.45, 7) is 35.0. The van der Waals surface area contributed by atoms with Crippen LogP contribution in [0.2, 0.25) is 0 Å². The highest BCUT2D eigenvalue weighted by molar-refractivity contribution is 6.16. The Morgan fingerprint density at radius 3 is 1.00 bits per heavy atom. The minimum Gasteiger partial charge on any atom is -0.456 e. The van der Waals surface area contributed by atoms with Gasteiger partial charge in [-0.25, -0.2) is 24.2 Å². The fraction of sp³-hybridized carbons (Fsp3) is 0.286. The van der Waals surface area contributed by atoms with Gasteiger partial charge in [-0.05, 0) is 243 Å². The number of pyridine rings is 5. The summed E-state index contributed by atoms with van der Waals surface area (Å²) in [6, 6.07) is 32.6. The topological polar surface area (TPSA) is 107 Å². The summed E-state index contributed by atoms with van der Waals surface area (Å²) in [5, 5.41) is 5.70. The van der Waals surface area contributed by atoms with Crippen LogP contribution in [-0.2, 0) is 35.2 Å². The zero-order chi connectivity index (χ0) is 137. The lowest BCUT2D eigenvalue weighted by molar-refractivity contribution is -0.667. The molecule has 0 amide bonds. The van der Waals surface area contributed by atoms with Gasteiger partial charge >= 0.3 is 0 Å². The summed E-state index contributed by atoms with van der Waals surface area (Å²) in [5.41, 5.74) is 14.6. The highest BCUT2D eigenvalue weighted by Crippen LogP contribution is 2.48. The molecule has 706 valence electrons. The van der Waals surface area contributed by atoms with Gasteiger partial charge in [0.25, 0.3) is 0 Å². The van der Waals surface area contributed by atoms with Crippen LogP contribution in [-0.4, -0.2) is 0 Å². The van der Waals surface area contributed by atoms with Gasteiger partial charge in [0, 0.05) is 196 Å². The highest BCUT2D eigenvalue weighted by Gasteiger charge is 2.33. The van der Waals surface area contributed by atoms with Crippen molar-refractivity contribution in [3.63, 3.8) is 0 Å². The molecule has 0 radical (unpaired) electrons. The van der Waals surface area contributed by atoms with Crippen LogP contribution in [0, 0.1) is 185 Å². The first kappa shape index (κ1) is 59.0. The van der Waals surface area contributed by atoms with Gasteiger partial charge in [-0.1, -0.05) is 138 Å². The maximum atomic E-state index is 9.18. The van der Waals surface area contributed by atoms with Crippen LogP contribution in [0.1, 0.15) is 255 Å². The molecule has 3 atom stereocenters. The monoisotopic (exact) mass is 1900 g/mol. The molecule has 20 rings (SSSR count). The SMILES string of the molecule is [2H]c1c(C([2H])(C)C([2H])([2H])[2H])c(C([2H])([2H])[2H])c(C)[n+](C)c1-c1c(C)ccc2c1oc1c(C)c([N+]#[C-])ccc12.[2H]c1c(C([2H])(C)C([2H])([2H])[2H])c(C([2H])([2H])[2H])c(C)[n+](C)c1-c1c(C)ccc2c1oc1cc([N+]#[C-])c(C)cc12.[2H]c1c(C([2H])(C)C([2H])([2H])[2H])c(C([2H])([2H])[2H])c(C)[n+](C)c1-c1c(C)ccc2c1oc1cc([N+]#[C-])cc(C([2H])([2H])[2H])c12.[2H]c1c(C)c(C([2H])([2H])[2H])c(C)[n+](C)c1-c1c(C)cc(C([2H])([2H])[2H])c2c1oc1cc([N+]#[C-])ccc12.[2H]c1c(C)c(C([2H])([2H])[2H])c(C)[n+](C)c1-c1c(C)ccc2c1oc1cc([N+]#[C-])cc(C([2H])([2H])[2H])c12. The third-order valence-corrected chi connectivity index (χ3v) is 27.0. The van der Waals surface area contributed by atoms with E-state index in [1.54, 1.807) is 170 Å². The van der Waals surface area contributed by atoms with Crippen molar-refractivity contribution in [2.75, 3.05) is 0 Å². The molecule has 0 saturated heterocycles. The molecule has 10 aromatic heterocycles. The maximum Gasteiger partial charge on any atom is 0.216 e. The smallest absolute Gasteiger partial charge is 0.216 e. The van der Waals surface area contributed by atoms with Gasteiger partial charge in [0.15, 0.2) is 56.9 Å². The second-order valence-corrected chi connectivity index (χ2v) is 35.8. The Kier molecular flexibility index (Phi) is 15.9. The predicted molar refractivity (Wildman–Crippen MR) is 579 cm³/mol. The molecular formula is C126H127N10O5+5. The molecule has 0 bridgehead atoms. The van der Waals surface area contributed by atoms with Gasteiger partial charge in [0.05, 0.1) is 67.5 Å². The molecule has 0 N–H and O–H groups in total. The van der Waals surface area contributed by atoms with E-state index in [2.05, 4.69) is 24.2 Å². The molecule has 0 spiro atoms. The summed E-state index contributed by atoms with van der Waals surface area (Å²) in [4.78, 5) is 17.3. The average molecular weight is 1900 g/mol. The van der Waals surface area contributed by atoms with E-state index < -0.39 is 105 Å². The number of hydrogen-bond donors (Lipinski definition) is 0. The number of rotatable bonds is 8. The Morgan fingerprint density at radius 1 is 0.262 bits per heavy atom. The number of fused-ring (bicyclic) bond motifs is 15. The van der Waals surface area contributed by atoms with Gasteiger partial charge in [0.1, 0.15) is 91.1 Å². The van der Waals surface area contributed by atoms with Crippen molar-refractivity contribution >= 4 is 138 Å². The van der Waals surface area contributed by atoms with Gasteiger partial charge < -0.3 is 22.1 Å². The molecule has 141 heavy (non-hydrogen) atoms. The molecule has 0 aliphatic heterocycles. The number of aromatic nitrogens is 5. The average Bonchev–Trinajstić information content (AvgIpc) is 1.43. The molecule has 10 aromatic carbocycles. The van der Waals surface area contributed by atoms with E-state index in [4.69, 9.17) is 110 Å². The number of nitrogens with zero attached hydrogens (tertiary/aromatic N) is 10. The molecule has 20 aromatic rings. The van der Waals surface area contributed by atoms with Crippen molar-refractivity contribution in [1.82, 2.24) is 0 Å². The Labute approximate surface area is 886 Å². The molecule has 0 fully saturated rings. The van der Waals surface area contributed by atoms with Gasteiger partial charge in [-0.15, -0.1) is 0 Å². The Balaban J connectivity index is 0.000000157. The zero-order valence-corrected chi connectivity index (χ0v) is 82.1. The molecule has 0 aliphatic rings. The molecule has 3 unspecified atom stereocenters. The van der Waals surface area contributed by atoms with Crippen LogP contribution in [0.4, 0.5) is 28.4 Å². The standard InChI is InChI=1S/3C26H27N2O.2C24H23N2O/c1-14(2)21-13-22(28(8)18(6)17(21)5)25-15(3)9-10-20-24-16(4)11-19(27-7)12-23(24)29-26(20)25;1-14(2)20-12-23(28(8)18(6)17(20)5)25-15(3)9-10-19-21-11-16(4)22(27-7)13-24(21)29-26(19)25;1-14(2)21-13-23(28(8)18(6)16(21)4)24-15(3)9-10-20-19-11-12-22(27-7)17(5)25(19)29-26(20)24;1-13-11-20(26(7)17(5)16(13)4)23-15(3)10-14(2)22-19-9-8-18(25-6)12-21(19)27-24(22)23;1-13-8-9-19-22-15(3)10-18(25-6)12-21(22)27-24(19)23(13)20-11-14(2)16(4)17(5)26(20)7/h3*9-14H,1-6,8H3;2*8-12H,1-5,7H3/q5*+1/i1D3,4D3,5D3,13D,14D;1D3,5D3,12D,14D;1D3,4D3,13D,14D;2D3,4D3,11D;3D3,4D3,11D. The largest absolute Gasteiger partial charge is 0.456 e. The van der Waals surface area contributed by atoms with E-state index in [0.717, 1.165) is 64.6 Å². The van der Waals surface area contributed by atoms with E-state index in [-0.39, 0.29) is 147 Å². The third-order valence-electron chi connectivity index (χ3n) is 27.0. The van der Waals surface area contributed by atoms with Crippen molar-refractivity contribution < 1.29 is 101 Å². The summed E-state index contributed by atoms with van der Waals surface area (Å²) in [5.74, 6) is -7.17. The minimum absolute atomic E-state index is 0.0325. The van der Waals surface area contributed by atoms with E-state index >= 15 is 0 Å². The fourth-order valence-corrected chi connectivity index (χ4v) is 18.5. The van der Waals surface area contributed by atoms with E-state index in [9.17, 15) is 1.37 Å². The first-order valence-electron chi connectivity index (χ1n) is 65.3. The summed E-state index contributed by atoms with van der Waals surface area (Å²) >= 11 is 0. The fourth-order valence-electron chi connectivity index (χ4n) is 18.5. The first-order valence-corrected chi connectivity index (χ1v) is 44.8. The second-order valence-electron chi connectivity index (χ2n) is 35.8. The summed E-state index contributed by atoms with van der Waals surface area (Å²) < 4.78 is 376. The van der Waals surface area contributed by atoms with E-state index in [0.29, 0.717) is 161 Å². The van der Waals surface area contributed by atoms with E-state index in [1.165, 1.54) is 35.8 Å². The minimum atomic E-state index is -2.96. The molecular weight excluding hydrogens is 1730 g/mol. The van der Waals surface area contributed by atoms with Crippen LogP contribution >= 0.6 is 0 Å². The van der Waals surface area contributed by atoms with Crippen LogP contribution < -0.4 is 22.8 Å². The lowest BCUT2D eigenvalue weighted by atomic mass is 9.93. The van der Waals surface area contributed by atoms with Crippen LogP contribution in [0.15, 0.2) is 174 Å². The van der Waals surface area contributed by atoms with Crippen LogP contribution in [0.5, 0.6) is 0 Å². The number of benzene rings is 10. The molecule has 15 heteroatoms. The number of aryl methyl sites for hydroxylation is 10. The lowest BCUT2D eigenvalue weighted by Gasteiger charge is -2.14. The van der Waals surface area contributed by atoms with Crippen molar-refractivity contribution in [2.45, 2.75) is 211 Å². The van der Waals surface area contributed by atoms with Crippen LogP contribution in [0.3, 0.4) is 0 Å². The maximum absolute atomic E-state index is 9.18. The molecule has 15 nitrogen and oxygen atoms in total. The lowest BCUT2D eigenvalue weighted by Crippen LogP contribution is -2.36. The molecule has 10 heterocycles. The van der Waals surface area contributed by atoms with Gasteiger partial charge in [-0.2, -0.15) is 22.8 Å². The van der Waals surface area contributed by atoms with Gasteiger partial charge in [-0.3, -0.25) is 0 Å². The molecule has 0 aliphatic carbocycles. The van der Waals surface area contributed by atoms with E-state index in [1.807, 2.05) is 70.2 Å². The zero-order valence-electron chi connectivity index (χ0n) is 123. The van der Waals surface area contributed by atoms with Gasteiger partial charge in [0.2, 0.25) is 28.5 Å². The summed E-state index contributed by atoms with van der Waals surface area (Å²) in [7, 11) is 8.20. The Morgan fingerprint density at radius 2 is 0.596 bits per heavy atom. The quantitative estimate of drug-likeness (QED) is 0.111. The summed E-state index contributed by atoms with van der Waals surface area (Å²) in [6.07, 6.45) is 0. The van der Waals surface area contributed by atoms with Crippen LogP contribution in [0.25, 0.3) is 190 Å². The molecule has 0 saturated carbocycles. The Hall–Kier alpha value is -15.6. The number of hydrogen-bond acceptors (Lipinski definition) is 5. The third kappa shape index (κ3) is 16.9.